The zero-order valence-corrected chi connectivity index (χ0v) is 9.76. The van der Waals surface area contributed by atoms with Gasteiger partial charge < -0.3 is 14.9 Å². The van der Waals surface area contributed by atoms with Crippen LogP contribution in [0.3, 0.4) is 0 Å². The first kappa shape index (κ1) is 12.9. The number of nitrogens with zero attached hydrogens (tertiary/aromatic N) is 2. The zero-order valence-electron chi connectivity index (χ0n) is 9.76. The van der Waals surface area contributed by atoms with Gasteiger partial charge in [-0.05, 0) is 28.1 Å². The molecule has 1 aromatic carbocycles. The van der Waals surface area contributed by atoms with Crippen molar-refractivity contribution in [3.63, 3.8) is 0 Å². The van der Waals surface area contributed by atoms with E-state index in [4.69, 9.17) is 4.74 Å². The molecule has 98 valence electrons. The van der Waals surface area contributed by atoms with E-state index in [0.717, 1.165) is 12.1 Å². The first-order valence-electron chi connectivity index (χ1n) is 5.18. The number of rotatable bonds is 3. The summed E-state index contributed by atoms with van der Waals surface area (Å²) in [6, 6.07) is 5.91. The fourth-order valence-corrected chi connectivity index (χ4v) is 1.58. The fraction of sp³-hybridized carbons (Fsp3) is 0.0833. The maximum absolute atomic E-state index is 13.7. The maximum atomic E-state index is 13.7. The molecule has 0 radical (unpaired) electrons. The van der Waals surface area contributed by atoms with Crippen molar-refractivity contribution < 1.29 is 18.4 Å². The van der Waals surface area contributed by atoms with Crippen LogP contribution < -0.4 is 4.74 Å². The molecule has 0 unspecified atom stereocenters. The molecule has 0 atom stereocenters. The third kappa shape index (κ3) is 2.35. The second-order valence-electron chi connectivity index (χ2n) is 3.58. The van der Waals surface area contributed by atoms with Gasteiger partial charge in [-0.3, -0.25) is 0 Å². The molecule has 0 fully saturated rings. The van der Waals surface area contributed by atoms with E-state index in [2.05, 4.69) is 4.98 Å². The predicted octanol–water partition coefficient (Wildman–Crippen LogP) is 2.94. The van der Waals surface area contributed by atoms with Gasteiger partial charge in [0.15, 0.2) is 17.4 Å². The summed E-state index contributed by atoms with van der Waals surface area (Å²) in [5, 5.41) is 10.7. The maximum Gasteiger partial charge on any atom is 0.364 e. The molecular formula is C12H8F2N2O3. The summed E-state index contributed by atoms with van der Waals surface area (Å²) in [6.07, 6.45) is 0. The molecule has 0 aliphatic carbocycles. The van der Waals surface area contributed by atoms with E-state index >= 15 is 0 Å². The van der Waals surface area contributed by atoms with Crippen molar-refractivity contribution in [3.05, 3.63) is 52.1 Å². The van der Waals surface area contributed by atoms with E-state index in [1.54, 1.807) is 0 Å². The average Bonchev–Trinajstić information content (AvgIpc) is 2.41. The molecule has 0 saturated heterocycles. The molecule has 0 bridgehead atoms. The Morgan fingerprint density at radius 2 is 2.00 bits per heavy atom. The number of aromatic nitrogens is 1. The first-order valence-corrected chi connectivity index (χ1v) is 5.18. The van der Waals surface area contributed by atoms with Crippen LogP contribution in [-0.2, 0) is 0 Å². The monoisotopic (exact) mass is 266 g/mol. The van der Waals surface area contributed by atoms with Crippen LogP contribution in [0, 0.1) is 21.7 Å². The summed E-state index contributed by atoms with van der Waals surface area (Å²) in [5.74, 6) is -2.55. The van der Waals surface area contributed by atoms with Crippen molar-refractivity contribution in [2.45, 2.75) is 0 Å². The summed E-state index contributed by atoms with van der Waals surface area (Å²) < 4.78 is 31.8. The van der Waals surface area contributed by atoms with Gasteiger partial charge in [0.05, 0.1) is 12.7 Å². The van der Waals surface area contributed by atoms with Crippen molar-refractivity contribution in [1.82, 2.24) is 4.98 Å². The zero-order chi connectivity index (χ0) is 14.0. The van der Waals surface area contributed by atoms with Gasteiger partial charge in [0.2, 0.25) is 5.69 Å². The van der Waals surface area contributed by atoms with Gasteiger partial charge in [-0.15, -0.1) is 0 Å². The Balaban J connectivity index is 2.68. The molecule has 0 spiro atoms. The Hall–Kier alpha value is -2.57. The minimum absolute atomic E-state index is 0.117. The molecule has 0 aliphatic heterocycles. The van der Waals surface area contributed by atoms with Gasteiger partial charge in [-0.1, -0.05) is 6.07 Å². The van der Waals surface area contributed by atoms with Crippen molar-refractivity contribution in [2.75, 3.05) is 7.11 Å². The first-order chi connectivity index (χ1) is 9.04. The van der Waals surface area contributed by atoms with Gasteiger partial charge in [0.1, 0.15) is 0 Å². The van der Waals surface area contributed by atoms with E-state index in [-0.39, 0.29) is 17.0 Å². The number of hydrogen-bond donors (Lipinski definition) is 0. The van der Waals surface area contributed by atoms with Crippen LogP contribution in [-0.4, -0.2) is 17.0 Å². The van der Waals surface area contributed by atoms with Crippen LogP contribution in [0.25, 0.3) is 11.3 Å². The molecule has 0 amide bonds. The Kier molecular flexibility index (Phi) is 3.37. The molecule has 7 heteroatoms. The lowest BCUT2D eigenvalue weighted by Gasteiger charge is -2.05. The molecule has 19 heavy (non-hydrogen) atoms. The molecule has 0 N–H and O–H groups in total. The van der Waals surface area contributed by atoms with Crippen LogP contribution in [0.4, 0.5) is 14.6 Å². The molecule has 1 heterocycles. The average molecular weight is 266 g/mol. The summed E-state index contributed by atoms with van der Waals surface area (Å²) >= 11 is 0. The molecule has 5 nitrogen and oxygen atoms in total. The van der Waals surface area contributed by atoms with Crippen LogP contribution in [0.5, 0.6) is 5.75 Å². The molecule has 0 saturated carbocycles. The third-order valence-corrected chi connectivity index (χ3v) is 2.46. The number of pyridine rings is 1. The van der Waals surface area contributed by atoms with Gasteiger partial charge >= 0.3 is 5.82 Å². The van der Waals surface area contributed by atoms with Crippen molar-refractivity contribution >= 4 is 5.82 Å². The number of ether oxygens (including phenoxy) is 1. The molecular weight excluding hydrogens is 258 g/mol. The normalized spacial score (nSPS) is 10.3. The second kappa shape index (κ2) is 4.97. The minimum atomic E-state index is -1.13. The van der Waals surface area contributed by atoms with Gasteiger partial charge in [0, 0.05) is 6.07 Å². The quantitative estimate of drug-likeness (QED) is 0.632. The van der Waals surface area contributed by atoms with E-state index in [1.807, 2.05) is 0 Å². The summed E-state index contributed by atoms with van der Waals surface area (Å²) in [6.45, 7) is 0. The summed E-state index contributed by atoms with van der Waals surface area (Å²) in [7, 11) is 1.31. The van der Waals surface area contributed by atoms with Crippen molar-refractivity contribution in [1.29, 1.82) is 0 Å². The van der Waals surface area contributed by atoms with Crippen LogP contribution >= 0.6 is 0 Å². The topological polar surface area (TPSA) is 65.3 Å². The Morgan fingerprint density at radius 1 is 1.26 bits per heavy atom. The van der Waals surface area contributed by atoms with Gasteiger partial charge in [-0.2, -0.15) is 0 Å². The highest BCUT2D eigenvalue weighted by molar-refractivity contribution is 5.68. The molecule has 2 aromatic rings. The molecule has 2 rings (SSSR count). The van der Waals surface area contributed by atoms with Crippen LogP contribution in [0.15, 0.2) is 30.3 Å². The minimum Gasteiger partial charge on any atom is -0.492 e. The highest BCUT2D eigenvalue weighted by Gasteiger charge is 2.22. The lowest BCUT2D eigenvalue weighted by atomic mass is 10.1. The van der Waals surface area contributed by atoms with E-state index in [0.29, 0.717) is 0 Å². The summed E-state index contributed by atoms with van der Waals surface area (Å²) in [4.78, 5) is 13.6. The van der Waals surface area contributed by atoms with Gasteiger partial charge in [0.25, 0.3) is 0 Å². The van der Waals surface area contributed by atoms with Crippen molar-refractivity contribution in [2.24, 2.45) is 0 Å². The molecule has 0 aliphatic rings. The van der Waals surface area contributed by atoms with Gasteiger partial charge in [-0.25, -0.2) is 8.78 Å². The number of methoxy groups -OCH3 is 1. The Morgan fingerprint density at radius 3 is 2.63 bits per heavy atom. The number of hydrogen-bond acceptors (Lipinski definition) is 4. The van der Waals surface area contributed by atoms with E-state index in [1.165, 1.54) is 25.3 Å². The fourth-order valence-electron chi connectivity index (χ4n) is 1.58. The van der Waals surface area contributed by atoms with Crippen LogP contribution in [0.2, 0.25) is 0 Å². The highest BCUT2D eigenvalue weighted by Crippen LogP contribution is 2.32. The molecule has 1 aromatic heterocycles. The Labute approximate surface area is 106 Å². The predicted molar refractivity (Wildman–Crippen MR) is 62.8 cm³/mol. The second-order valence-corrected chi connectivity index (χ2v) is 3.58. The lowest BCUT2D eigenvalue weighted by Crippen LogP contribution is -1.99. The smallest absolute Gasteiger partial charge is 0.364 e. The van der Waals surface area contributed by atoms with E-state index < -0.39 is 22.4 Å². The SMILES string of the molecule is COc1ccc([N+](=O)[O-])nc1-c1cccc(F)c1F. The third-order valence-electron chi connectivity index (χ3n) is 2.46. The largest absolute Gasteiger partial charge is 0.492 e. The summed E-state index contributed by atoms with van der Waals surface area (Å²) in [5.41, 5.74) is -0.311. The van der Waals surface area contributed by atoms with E-state index in [9.17, 15) is 18.9 Å². The number of benzene rings is 1. The standard InChI is InChI=1S/C12H8F2N2O3/c1-19-9-5-6-10(16(17)18)15-12(9)7-3-2-4-8(13)11(7)14/h2-6H,1H3. The Bertz CT molecular complexity index is 647. The van der Waals surface area contributed by atoms with Crippen LogP contribution in [0.1, 0.15) is 0 Å². The number of halogens is 2. The van der Waals surface area contributed by atoms with Crippen molar-refractivity contribution in [3.8, 4) is 17.0 Å². The number of nitro groups is 1. The highest BCUT2D eigenvalue weighted by atomic mass is 19.2. The lowest BCUT2D eigenvalue weighted by molar-refractivity contribution is -0.389.